The first-order chi connectivity index (χ1) is 11.3. The molecule has 7 heteroatoms. The molecule has 6 nitrogen and oxygen atoms in total. The molecule has 2 aromatic rings. The van der Waals surface area contributed by atoms with Crippen molar-refractivity contribution in [2.75, 3.05) is 0 Å². The Balaban J connectivity index is 2.19. The number of hydrogen-bond donors (Lipinski definition) is 2. The van der Waals surface area contributed by atoms with Crippen LogP contribution >= 0.6 is 0 Å². The fraction of sp³-hybridized carbons (Fsp3) is 0.235. The van der Waals surface area contributed by atoms with Gasteiger partial charge in [-0.1, -0.05) is 24.3 Å². The number of halogens is 1. The lowest BCUT2D eigenvalue weighted by Crippen LogP contribution is -2.37. The number of amides is 1. The zero-order valence-corrected chi connectivity index (χ0v) is 13.2. The molecule has 0 spiro atoms. The van der Waals surface area contributed by atoms with Crippen LogP contribution in [-0.2, 0) is 0 Å². The number of carbonyl (C=O) groups is 1. The van der Waals surface area contributed by atoms with Gasteiger partial charge < -0.3 is 10.4 Å². The van der Waals surface area contributed by atoms with Crippen LogP contribution in [0.5, 0.6) is 0 Å². The van der Waals surface area contributed by atoms with Crippen molar-refractivity contribution >= 4 is 11.6 Å². The summed E-state index contributed by atoms with van der Waals surface area (Å²) in [4.78, 5) is 22.9. The van der Waals surface area contributed by atoms with E-state index in [1.54, 1.807) is 26.0 Å². The van der Waals surface area contributed by atoms with Crippen molar-refractivity contribution in [3.63, 3.8) is 0 Å². The Morgan fingerprint density at radius 2 is 1.88 bits per heavy atom. The van der Waals surface area contributed by atoms with Gasteiger partial charge in [-0.2, -0.15) is 0 Å². The van der Waals surface area contributed by atoms with Gasteiger partial charge in [-0.15, -0.1) is 0 Å². The normalized spacial score (nSPS) is 13.2. The van der Waals surface area contributed by atoms with Gasteiger partial charge in [-0.25, -0.2) is 4.39 Å². The number of aryl methyl sites for hydroxylation is 1. The molecule has 0 saturated heterocycles. The number of nitrogens with one attached hydrogen (secondary N) is 1. The molecule has 0 aliphatic rings. The van der Waals surface area contributed by atoms with Crippen molar-refractivity contribution in [3.8, 4) is 0 Å². The minimum absolute atomic E-state index is 0.0712. The van der Waals surface area contributed by atoms with Crippen LogP contribution in [0.2, 0.25) is 0 Å². The summed E-state index contributed by atoms with van der Waals surface area (Å²) in [5, 5.41) is 23.9. The van der Waals surface area contributed by atoms with Crippen molar-refractivity contribution in [2.24, 2.45) is 0 Å². The lowest BCUT2D eigenvalue weighted by atomic mass is 10.0. The molecule has 2 atom stereocenters. The smallest absolute Gasteiger partial charge is 0.285 e. The van der Waals surface area contributed by atoms with Gasteiger partial charge in [-0.05, 0) is 37.6 Å². The average molecular weight is 332 g/mol. The standard InChI is InChI=1S/C17H17FN2O4/c1-10-4-3-5-14(15(10)20(23)24)17(22)19-11(2)16(21)12-6-8-13(18)9-7-12/h3-9,11,16,21H,1-2H3,(H,19,22). The van der Waals surface area contributed by atoms with Crippen LogP contribution in [0.15, 0.2) is 42.5 Å². The zero-order valence-electron chi connectivity index (χ0n) is 13.2. The fourth-order valence-corrected chi connectivity index (χ4v) is 2.40. The number of nitro benzene ring substituents is 1. The van der Waals surface area contributed by atoms with Crippen LogP contribution in [0.3, 0.4) is 0 Å². The van der Waals surface area contributed by atoms with E-state index in [1.165, 1.54) is 30.3 Å². The highest BCUT2D eigenvalue weighted by Crippen LogP contribution is 2.24. The quantitative estimate of drug-likeness (QED) is 0.650. The maximum absolute atomic E-state index is 12.9. The minimum Gasteiger partial charge on any atom is -0.386 e. The average Bonchev–Trinajstić information content (AvgIpc) is 2.54. The Morgan fingerprint density at radius 3 is 2.46 bits per heavy atom. The number of carbonyl (C=O) groups excluding carboxylic acids is 1. The SMILES string of the molecule is Cc1cccc(C(=O)NC(C)C(O)c2ccc(F)cc2)c1[N+](=O)[O-]. The Morgan fingerprint density at radius 1 is 1.25 bits per heavy atom. The number of rotatable bonds is 5. The third-order valence-electron chi connectivity index (χ3n) is 3.71. The Bertz CT molecular complexity index is 762. The summed E-state index contributed by atoms with van der Waals surface area (Å²) in [5.74, 6) is -1.09. The number of benzene rings is 2. The molecular formula is C17H17FN2O4. The van der Waals surface area contributed by atoms with Crippen molar-refractivity contribution in [1.82, 2.24) is 5.32 Å². The van der Waals surface area contributed by atoms with Gasteiger partial charge >= 0.3 is 0 Å². The largest absolute Gasteiger partial charge is 0.386 e. The predicted octanol–water partition coefficient (Wildman–Crippen LogP) is 2.89. The van der Waals surface area contributed by atoms with Crippen molar-refractivity contribution in [2.45, 2.75) is 26.0 Å². The Kier molecular flexibility index (Phi) is 5.25. The lowest BCUT2D eigenvalue weighted by molar-refractivity contribution is -0.385. The number of nitrogens with zero attached hydrogens (tertiary/aromatic N) is 1. The monoisotopic (exact) mass is 332 g/mol. The summed E-state index contributed by atoms with van der Waals surface area (Å²) in [6.45, 7) is 3.11. The van der Waals surface area contributed by atoms with Gasteiger partial charge in [0.15, 0.2) is 0 Å². The Hall–Kier alpha value is -2.80. The summed E-state index contributed by atoms with van der Waals surface area (Å²) in [6.07, 6.45) is -1.07. The maximum Gasteiger partial charge on any atom is 0.285 e. The second-order valence-electron chi connectivity index (χ2n) is 5.49. The van der Waals surface area contributed by atoms with E-state index in [0.29, 0.717) is 11.1 Å². The minimum atomic E-state index is -1.07. The van der Waals surface area contributed by atoms with Crippen molar-refractivity contribution in [3.05, 3.63) is 75.1 Å². The molecule has 2 unspecified atom stereocenters. The molecule has 0 radical (unpaired) electrons. The van der Waals surface area contributed by atoms with Gasteiger partial charge in [0.2, 0.25) is 0 Å². The molecule has 126 valence electrons. The molecule has 0 saturated carbocycles. The van der Waals surface area contributed by atoms with Crippen molar-refractivity contribution in [1.29, 1.82) is 0 Å². The highest BCUT2D eigenvalue weighted by Gasteiger charge is 2.25. The van der Waals surface area contributed by atoms with Crippen LogP contribution in [0.1, 0.15) is 34.5 Å². The summed E-state index contributed by atoms with van der Waals surface area (Å²) < 4.78 is 12.9. The van der Waals surface area contributed by atoms with Crippen LogP contribution in [0.4, 0.5) is 10.1 Å². The lowest BCUT2D eigenvalue weighted by Gasteiger charge is -2.20. The van der Waals surface area contributed by atoms with Gasteiger partial charge in [0, 0.05) is 5.56 Å². The second kappa shape index (κ2) is 7.18. The molecule has 0 aliphatic heterocycles. The third kappa shape index (κ3) is 3.75. The molecule has 2 N–H and O–H groups in total. The van der Waals surface area contributed by atoms with E-state index in [2.05, 4.69) is 5.32 Å². The van der Waals surface area contributed by atoms with E-state index >= 15 is 0 Å². The summed E-state index contributed by atoms with van der Waals surface area (Å²) in [6, 6.07) is 8.98. The van der Waals surface area contributed by atoms with E-state index in [0.717, 1.165) is 0 Å². The number of aliphatic hydroxyl groups is 1. The molecule has 2 rings (SSSR count). The molecule has 2 aromatic carbocycles. The second-order valence-corrected chi connectivity index (χ2v) is 5.49. The van der Waals surface area contributed by atoms with Gasteiger partial charge in [0.05, 0.1) is 17.1 Å². The van der Waals surface area contributed by atoms with E-state index in [9.17, 15) is 24.4 Å². The highest BCUT2D eigenvalue weighted by molar-refractivity contribution is 5.98. The predicted molar refractivity (Wildman–Crippen MR) is 86.1 cm³/mol. The first kappa shape index (κ1) is 17.6. The van der Waals surface area contributed by atoms with E-state index in [-0.39, 0.29) is 11.3 Å². The molecule has 24 heavy (non-hydrogen) atoms. The van der Waals surface area contributed by atoms with Crippen molar-refractivity contribution < 1.29 is 19.2 Å². The summed E-state index contributed by atoms with van der Waals surface area (Å²) in [5.41, 5.74) is 0.471. The van der Waals surface area contributed by atoms with Gasteiger partial charge in [-0.3, -0.25) is 14.9 Å². The molecular weight excluding hydrogens is 315 g/mol. The summed E-state index contributed by atoms with van der Waals surface area (Å²) in [7, 11) is 0. The van der Waals surface area contributed by atoms with E-state index in [1.807, 2.05) is 0 Å². The first-order valence-corrected chi connectivity index (χ1v) is 7.29. The highest BCUT2D eigenvalue weighted by atomic mass is 19.1. The number of nitro groups is 1. The summed E-state index contributed by atoms with van der Waals surface area (Å²) >= 11 is 0. The van der Waals surface area contributed by atoms with Crippen LogP contribution < -0.4 is 5.32 Å². The molecule has 0 fully saturated rings. The molecule has 0 heterocycles. The maximum atomic E-state index is 12.9. The topological polar surface area (TPSA) is 92.5 Å². The van der Waals surface area contributed by atoms with Crippen LogP contribution in [0, 0.1) is 22.9 Å². The number of aliphatic hydroxyl groups excluding tert-OH is 1. The van der Waals surface area contributed by atoms with E-state index < -0.39 is 28.8 Å². The molecule has 0 bridgehead atoms. The fourth-order valence-electron chi connectivity index (χ4n) is 2.40. The zero-order chi connectivity index (χ0) is 17.9. The number of para-hydroxylation sites is 1. The first-order valence-electron chi connectivity index (χ1n) is 7.29. The third-order valence-corrected chi connectivity index (χ3v) is 3.71. The van der Waals surface area contributed by atoms with Gasteiger partial charge in [0.1, 0.15) is 11.4 Å². The van der Waals surface area contributed by atoms with Crippen LogP contribution in [0.25, 0.3) is 0 Å². The molecule has 1 amide bonds. The molecule has 0 aromatic heterocycles. The number of hydrogen-bond acceptors (Lipinski definition) is 4. The van der Waals surface area contributed by atoms with Gasteiger partial charge in [0.25, 0.3) is 11.6 Å². The van der Waals surface area contributed by atoms with E-state index in [4.69, 9.17) is 0 Å². The Labute approximate surface area is 138 Å². The molecule has 0 aliphatic carbocycles. The van der Waals surface area contributed by atoms with Crippen LogP contribution in [-0.4, -0.2) is 22.0 Å².